The van der Waals surface area contributed by atoms with Gasteiger partial charge >= 0.3 is 0 Å². The SMILES string of the molecule is COc1c(Nc2cc(Nc3ccc(C#CC4CN(C(=O)CCCCCC(=O)N[C@H](C(=O)N5C[C@H](O)C[C@H]5C(=O)N[C@@H](C)c5ccc(-c6scnc6C)cc5)C(C)(C)C)C4)cn3)nnc2C(N)=O)cccc1-c1ncn(C)n1. The number of carbonyl (C=O) groups is 5. The fourth-order valence-corrected chi connectivity index (χ4v) is 9.96. The highest BCUT2D eigenvalue weighted by Crippen LogP contribution is 2.37. The maximum Gasteiger partial charge on any atom is 0.271 e. The fraction of sp³-hybridized carbons (Fsp3) is 0.400. The summed E-state index contributed by atoms with van der Waals surface area (Å²) in [5, 5.41) is 35.5. The zero-order chi connectivity index (χ0) is 55.0. The van der Waals surface area contributed by atoms with Crippen LogP contribution in [0.5, 0.6) is 5.75 Å². The van der Waals surface area contributed by atoms with Crippen LogP contribution in [0.4, 0.5) is 23.0 Å². The first-order valence-corrected chi connectivity index (χ1v) is 26.3. The number of hydrogen-bond acceptors (Lipinski definition) is 16. The number of rotatable bonds is 19. The lowest BCUT2D eigenvalue weighted by atomic mass is 9.85. The highest BCUT2D eigenvalue weighted by molar-refractivity contribution is 7.13. The first kappa shape index (κ1) is 55.0. The smallest absolute Gasteiger partial charge is 0.271 e. The van der Waals surface area contributed by atoms with Crippen LogP contribution in [0.1, 0.15) is 99.6 Å². The Labute approximate surface area is 450 Å². The van der Waals surface area contributed by atoms with Crippen LogP contribution in [-0.4, -0.2) is 124 Å². The first-order chi connectivity index (χ1) is 36.8. The van der Waals surface area contributed by atoms with Crippen LogP contribution in [0.3, 0.4) is 0 Å². The van der Waals surface area contributed by atoms with Gasteiger partial charge in [-0.25, -0.2) is 15.0 Å². The molecular weight excluding hydrogens is 1000 g/mol. The van der Waals surface area contributed by atoms with E-state index in [1.807, 2.05) is 76.5 Å². The summed E-state index contributed by atoms with van der Waals surface area (Å²) in [7, 11) is 3.29. The van der Waals surface area contributed by atoms with Crippen molar-refractivity contribution in [3.05, 3.63) is 101 Å². The zero-order valence-corrected chi connectivity index (χ0v) is 45.0. The number of nitrogens with one attached hydrogen (secondary N) is 4. The van der Waals surface area contributed by atoms with Crippen LogP contribution in [0.2, 0.25) is 0 Å². The number of anilines is 4. The van der Waals surface area contributed by atoms with Crippen LogP contribution >= 0.6 is 11.3 Å². The van der Waals surface area contributed by atoms with Crippen LogP contribution in [0.25, 0.3) is 21.8 Å². The molecule has 0 unspecified atom stereocenters. The molecule has 5 amide bonds. The monoisotopic (exact) mass is 1060 g/mol. The number of ether oxygens (including phenoxy) is 1. The number of carbonyl (C=O) groups excluding carboxylic acids is 5. The molecule has 21 nitrogen and oxygen atoms in total. The topological polar surface area (TPSA) is 278 Å². The normalized spacial score (nSPS) is 16.1. The molecule has 2 saturated heterocycles. The number of likely N-dealkylation sites (tertiary alicyclic amines) is 2. The minimum Gasteiger partial charge on any atom is -0.494 e. The molecule has 0 bridgehead atoms. The van der Waals surface area contributed by atoms with Crippen molar-refractivity contribution < 1.29 is 33.8 Å². The molecule has 6 aromatic rings. The summed E-state index contributed by atoms with van der Waals surface area (Å²) in [6, 6.07) is 16.3. The largest absolute Gasteiger partial charge is 0.494 e. The molecule has 77 heavy (non-hydrogen) atoms. The molecule has 6 heterocycles. The molecule has 22 heteroatoms. The molecule has 4 atom stereocenters. The van der Waals surface area contributed by atoms with Gasteiger partial charge in [0.05, 0.1) is 58.2 Å². The Morgan fingerprint density at radius 3 is 2.34 bits per heavy atom. The summed E-state index contributed by atoms with van der Waals surface area (Å²) in [5.41, 5.74) is 11.7. The minimum absolute atomic E-state index is 0.0166. The second-order valence-corrected chi connectivity index (χ2v) is 21.2. The van der Waals surface area contributed by atoms with E-state index in [2.05, 4.69) is 63.4 Å². The van der Waals surface area contributed by atoms with E-state index in [0.29, 0.717) is 78.8 Å². The van der Waals surface area contributed by atoms with E-state index in [9.17, 15) is 29.1 Å². The Kier molecular flexibility index (Phi) is 17.2. The molecule has 402 valence electrons. The van der Waals surface area contributed by atoms with Gasteiger partial charge in [0.1, 0.15) is 24.2 Å². The number of nitrogens with zero attached hydrogens (tertiary/aromatic N) is 9. The zero-order valence-electron chi connectivity index (χ0n) is 44.2. The van der Waals surface area contributed by atoms with Gasteiger partial charge in [0, 0.05) is 63.8 Å². The van der Waals surface area contributed by atoms with E-state index in [1.165, 1.54) is 12.0 Å². The lowest BCUT2D eigenvalue weighted by molar-refractivity contribution is -0.144. The third kappa shape index (κ3) is 13.6. The number of nitrogens with two attached hydrogens (primary N) is 1. The van der Waals surface area contributed by atoms with Crippen molar-refractivity contribution in [1.29, 1.82) is 0 Å². The Morgan fingerprint density at radius 1 is 0.909 bits per heavy atom. The lowest BCUT2D eigenvalue weighted by Gasteiger charge is -2.36. The van der Waals surface area contributed by atoms with Gasteiger partial charge in [0.15, 0.2) is 23.1 Å². The number of β-amino-alcohol motifs (C(OH)–C–C–N with tert-alkyl or cyclic N) is 1. The van der Waals surface area contributed by atoms with Crippen molar-refractivity contribution in [3.63, 3.8) is 0 Å². The maximum absolute atomic E-state index is 14.1. The number of methoxy groups -OCH3 is 1. The van der Waals surface area contributed by atoms with E-state index in [1.54, 1.807) is 64.8 Å². The van der Waals surface area contributed by atoms with Crippen LogP contribution in [-0.2, 0) is 26.2 Å². The van der Waals surface area contributed by atoms with E-state index in [-0.39, 0.29) is 60.4 Å². The quantitative estimate of drug-likeness (QED) is 0.0412. The summed E-state index contributed by atoms with van der Waals surface area (Å²) in [6.45, 7) is 10.4. The second kappa shape index (κ2) is 24.1. The number of aliphatic hydroxyl groups excluding tert-OH is 1. The minimum atomic E-state index is -0.931. The standard InChI is InChI=1S/C55H64N14O7S/c1-32(36-19-21-37(22-20-36)49-33(2)59-31-77-49)60-53(74)42-24-38(70)29-69(42)54(75)50(55(3,4)5)63-45(71)14-9-8-10-15-46(72)68-27-35(28-68)17-16-34-18-23-43(57-26-34)62-44-25-41(47(51(56)73)65-64-44)61-40-13-11-12-39(48(40)76-7)52-58-30-67(6)66-52/h11-13,18-23,25-26,30-32,35,38,42,50,70H,8-10,14-15,24,27-29H2,1-7H3,(H2,56,73)(H,60,74)(H,63,71)(H2,57,61,62,64)/t32-,38+,42-,50+/m0/s1. The summed E-state index contributed by atoms with van der Waals surface area (Å²) < 4.78 is 7.29. The predicted octanol–water partition coefficient (Wildman–Crippen LogP) is 5.82. The lowest BCUT2D eigenvalue weighted by Crippen LogP contribution is -2.57. The van der Waals surface area contributed by atoms with Crippen molar-refractivity contribution in [2.24, 2.45) is 24.1 Å². The number of amides is 5. The molecule has 2 aliphatic rings. The van der Waals surface area contributed by atoms with Gasteiger partial charge in [-0.15, -0.1) is 21.5 Å². The highest BCUT2D eigenvalue weighted by atomic mass is 32.1. The van der Waals surface area contributed by atoms with Gasteiger partial charge < -0.3 is 46.6 Å². The number of hydrogen-bond donors (Lipinski definition) is 6. The van der Waals surface area contributed by atoms with Crippen molar-refractivity contribution in [2.75, 3.05) is 37.4 Å². The van der Waals surface area contributed by atoms with Crippen LogP contribution in [0.15, 0.2) is 78.7 Å². The first-order valence-electron chi connectivity index (χ1n) is 25.4. The Morgan fingerprint density at radius 2 is 1.68 bits per heavy atom. The molecule has 2 aliphatic heterocycles. The van der Waals surface area contributed by atoms with Crippen molar-refractivity contribution in [2.45, 2.75) is 97.4 Å². The Hall–Kier alpha value is -8.29. The van der Waals surface area contributed by atoms with Crippen molar-refractivity contribution >= 4 is 63.9 Å². The summed E-state index contributed by atoms with van der Waals surface area (Å²) in [5.74, 6) is 6.21. The number of thiazole rings is 1. The van der Waals surface area contributed by atoms with Gasteiger partial charge in [0.25, 0.3) is 5.91 Å². The number of primary amides is 1. The average molecular weight is 1070 g/mol. The summed E-state index contributed by atoms with van der Waals surface area (Å²) in [6.07, 6.45) is 4.71. The number of aliphatic hydroxyl groups is 1. The second-order valence-electron chi connectivity index (χ2n) is 20.4. The highest BCUT2D eigenvalue weighted by Gasteiger charge is 2.45. The Bertz CT molecular complexity index is 3170. The van der Waals surface area contributed by atoms with Crippen LogP contribution < -0.4 is 31.7 Å². The number of benzene rings is 2. The number of aryl methyl sites for hydroxylation is 2. The molecule has 7 N–H and O–H groups in total. The molecule has 8 rings (SSSR count). The van der Waals surface area contributed by atoms with Gasteiger partial charge in [0.2, 0.25) is 23.6 Å². The van der Waals surface area contributed by atoms with Crippen molar-refractivity contribution in [1.82, 2.24) is 55.4 Å². The van der Waals surface area contributed by atoms with Crippen molar-refractivity contribution in [3.8, 4) is 39.4 Å². The number of unbranched alkanes of at least 4 members (excludes halogenated alkanes) is 2. The summed E-state index contributed by atoms with van der Waals surface area (Å²) >= 11 is 1.57. The molecule has 2 aromatic carbocycles. The number of pyridine rings is 1. The molecular formula is C55H64N14O7S. The van der Waals surface area contributed by atoms with Gasteiger partial charge in [-0.1, -0.05) is 69.4 Å². The fourth-order valence-electron chi connectivity index (χ4n) is 9.15. The summed E-state index contributed by atoms with van der Waals surface area (Å²) in [4.78, 5) is 83.8. The third-order valence-electron chi connectivity index (χ3n) is 13.4. The molecule has 0 aliphatic carbocycles. The maximum atomic E-state index is 14.1. The number of aromatic nitrogens is 7. The Balaban J connectivity index is 0.755. The number of para-hydroxylation sites is 1. The van der Waals surface area contributed by atoms with Gasteiger partial charge in [-0.05, 0) is 67.5 Å². The van der Waals surface area contributed by atoms with Gasteiger partial charge in [-0.2, -0.15) is 5.10 Å². The average Bonchev–Trinajstić information content (AvgIpc) is 4.15. The molecule has 0 saturated carbocycles. The van der Waals surface area contributed by atoms with E-state index >= 15 is 0 Å². The van der Waals surface area contributed by atoms with E-state index in [0.717, 1.165) is 21.7 Å². The molecule has 4 aromatic heterocycles. The van der Waals surface area contributed by atoms with Gasteiger partial charge in [-0.3, -0.25) is 28.7 Å². The van der Waals surface area contributed by atoms with E-state index in [4.69, 9.17) is 10.5 Å². The molecule has 2 fully saturated rings. The molecule has 0 spiro atoms. The molecule has 0 radical (unpaired) electrons. The van der Waals surface area contributed by atoms with E-state index < -0.39 is 35.4 Å². The van der Waals surface area contributed by atoms with Crippen LogP contribution in [0, 0.1) is 30.1 Å². The predicted molar refractivity (Wildman–Crippen MR) is 291 cm³/mol. The third-order valence-corrected chi connectivity index (χ3v) is 14.4.